The average Bonchev–Trinajstić information content (AvgIpc) is 4.01. The summed E-state index contributed by atoms with van der Waals surface area (Å²) >= 11 is 0. The summed E-state index contributed by atoms with van der Waals surface area (Å²) in [5, 5.41) is 1.15. The molecule has 0 radical (unpaired) electrons. The SMILES string of the molecule is C#Cc1c(F)ccc2cc(OCOC)cc(-c3nc4c5c(nc(OCC6(CN7CCC(OC)(C(F)(F)F)CC7)CC6)nc5c3F)N3CCN(C(=O)OC(C)(C)C)C[C@H]3CC4)c12. The van der Waals surface area contributed by atoms with Crippen LogP contribution in [0.5, 0.6) is 11.8 Å². The molecule has 1 atom stereocenters. The standard InChI is InChI=1S/C44H49F5N6O6/c1-7-29-31(45)10-8-26-20-28(60-25-57-5)21-30(33(26)29)36-35(46)37-34-32(50-36)11-9-27-22-54(40(56)61-41(2,3)4)18-19-55(27)38(34)52-39(51-37)59-24-42(12-13-42)23-53-16-14-43(58-6,15-17-53)44(47,48)49/h1,8,10,20-21,27H,9,11-19,22-25H2,2-6H3/t27-/m1/s1. The topological polar surface area (TPSA) is 112 Å². The van der Waals surface area contributed by atoms with Crippen LogP contribution in [0.4, 0.5) is 32.6 Å². The summed E-state index contributed by atoms with van der Waals surface area (Å²) in [7, 11) is 2.57. The van der Waals surface area contributed by atoms with E-state index in [4.69, 9.17) is 45.1 Å². The highest BCUT2D eigenvalue weighted by Crippen LogP contribution is 2.49. The number of carbonyl (C=O) groups is 1. The van der Waals surface area contributed by atoms with Crippen LogP contribution >= 0.6 is 0 Å². The van der Waals surface area contributed by atoms with Gasteiger partial charge in [0, 0.05) is 75.9 Å². The van der Waals surface area contributed by atoms with Crippen molar-refractivity contribution < 1.29 is 50.4 Å². The molecule has 2 aromatic carbocycles. The van der Waals surface area contributed by atoms with E-state index in [2.05, 4.69) is 5.92 Å². The number of hydrogen-bond acceptors (Lipinski definition) is 11. The van der Waals surface area contributed by atoms with Gasteiger partial charge in [-0.1, -0.05) is 12.0 Å². The molecular weight excluding hydrogens is 804 g/mol. The lowest BCUT2D eigenvalue weighted by atomic mass is 9.89. The van der Waals surface area contributed by atoms with Gasteiger partial charge in [0.2, 0.25) is 0 Å². The van der Waals surface area contributed by atoms with Crippen LogP contribution in [-0.4, -0.2) is 121 Å². The molecule has 61 heavy (non-hydrogen) atoms. The van der Waals surface area contributed by atoms with Crippen molar-refractivity contribution >= 4 is 33.6 Å². The van der Waals surface area contributed by atoms with Crippen LogP contribution in [0.15, 0.2) is 24.3 Å². The lowest BCUT2D eigenvalue weighted by Gasteiger charge is -2.42. The van der Waals surface area contributed by atoms with Crippen molar-refractivity contribution in [2.45, 2.75) is 82.7 Å². The van der Waals surface area contributed by atoms with E-state index in [0.29, 0.717) is 67.1 Å². The number of aryl methyl sites for hydroxylation is 1. The number of likely N-dealkylation sites (tertiary alicyclic amines) is 1. The summed E-state index contributed by atoms with van der Waals surface area (Å²) in [5.41, 5.74) is -2.79. The van der Waals surface area contributed by atoms with E-state index in [0.717, 1.165) is 20.0 Å². The third-order valence-corrected chi connectivity index (χ3v) is 12.3. The number of carbonyl (C=O) groups excluding carboxylic acids is 1. The van der Waals surface area contributed by atoms with E-state index < -0.39 is 35.1 Å². The van der Waals surface area contributed by atoms with Crippen molar-refractivity contribution in [1.29, 1.82) is 0 Å². The van der Waals surface area contributed by atoms with Crippen LogP contribution in [0.2, 0.25) is 0 Å². The minimum absolute atomic E-state index is 0.0609. The molecule has 0 bridgehead atoms. The van der Waals surface area contributed by atoms with E-state index in [1.165, 1.54) is 19.2 Å². The number of pyridine rings is 1. The summed E-state index contributed by atoms with van der Waals surface area (Å²) in [5.74, 6) is 1.68. The first-order valence-electron chi connectivity index (χ1n) is 20.4. The van der Waals surface area contributed by atoms with Gasteiger partial charge in [0.25, 0.3) is 0 Å². The molecule has 2 saturated heterocycles. The molecule has 4 aliphatic rings. The Balaban J connectivity index is 1.18. The number of amides is 1. The highest BCUT2D eigenvalue weighted by atomic mass is 19.4. The van der Waals surface area contributed by atoms with Crippen LogP contribution in [0.1, 0.15) is 64.1 Å². The van der Waals surface area contributed by atoms with Gasteiger partial charge in [0.1, 0.15) is 34.2 Å². The summed E-state index contributed by atoms with van der Waals surface area (Å²) in [6.07, 6.45) is 3.02. The number of nitrogens with zero attached hydrogens (tertiary/aromatic N) is 6. The van der Waals surface area contributed by atoms with E-state index >= 15 is 8.78 Å². The molecule has 1 saturated carbocycles. The fourth-order valence-electron chi connectivity index (χ4n) is 8.86. The Bertz CT molecular complexity index is 2390. The van der Waals surface area contributed by atoms with Crippen LogP contribution in [0, 0.1) is 29.4 Å². The predicted molar refractivity (Wildman–Crippen MR) is 217 cm³/mol. The van der Waals surface area contributed by atoms with Crippen molar-refractivity contribution in [3.8, 4) is 35.4 Å². The van der Waals surface area contributed by atoms with Crippen molar-refractivity contribution in [2.24, 2.45) is 5.41 Å². The maximum absolute atomic E-state index is 17.6. The minimum atomic E-state index is -4.47. The number of ether oxygens (including phenoxy) is 5. The first-order chi connectivity index (χ1) is 29.0. The summed E-state index contributed by atoms with van der Waals surface area (Å²) < 4.78 is 103. The molecular formula is C44H49F5N6O6. The third kappa shape index (κ3) is 8.21. The number of anilines is 1. The highest BCUT2D eigenvalue weighted by molar-refractivity contribution is 6.03. The second kappa shape index (κ2) is 16.0. The van der Waals surface area contributed by atoms with Gasteiger partial charge >= 0.3 is 18.3 Å². The fraction of sp³-hybridized carbons (Fsp3) is 0.545. The van der Waals surface area contributed by atoms with E-state index in [1.807, 2.05) is 30.6 Å². The maximum atomic E-state index is 17.6. The van der Waals surface area contributed by atoms with E-state index in [9.17, 15) is 18.0 Å². The number of piperazine rings is 1. The summed E-state index contributed by atoms with van der Waals surface area (Å²) in [6.45, 7) is 7.38. The minimum Gasteiger partial charge on any atom is -0.468 e. The van der Waals surface area contributed by atoms with Crippen molar-refractivity contribution in [3.63, 3.8) is 0 Å². The van der Waals surface area contributed by atoms with Gasteiger partial charge in [-0.25, -0.2) is 18.6 Å². The number of methoxy groups -OCH3 is 2. The Morgan fingerprint density at radius 3 is 2.38 bits per heavy atom. The van der Waals surface area contributed by atoms with Crippen molar-refractivity contribution in [2.75, 3.05) is 71.8 Å². The molecule has 1 amide bonds. The number of piperidine rings is 1. The normalized spacial score (nSPS) is 19.9. The molecule has 17 heteroatoms. The zero-order chi connectivity index (χ0) is 43.5. The van der Waals surface area contributed by atoms with Crippen LogP contribution in [-0.2, 0) is 20.6 Å². The van der Waals surface area contributed by atoms with Gasteiger partial charge in [-0.3, -0.25) is 0 Å². The Morgan fingerprint density at radius 1 is 0.967 bits per heavy atom. The third-order valence-electron chi connectivity index (χ3n) is 12.3. The highest BCUT2D eigenvalue weighted by Gasteiger charge is 2.57. The lowest BCUT2D eigenvalue weighted by Crippen LogP contribution is -2.55. The Hall–Kier alpha value is -5.05. The second-order valence-electron chi connectivity index (χ2n) is 17.5. The number of halogens is 5. The molecule has 1 aliphatic carbocycles. The van der Waals surface area contributed by atoms with Crippen LogP contribution in [0.25, 0.3) is 32.9 Å². The molecule has 3 aliphatic heterocycles. The van der Waals surface area contributed by atoms with Gasteiger partial charge in [-0.05, 0) is 82.9 Å². The fourth-order valence-corrected chi connectivity index (χ4v) is 8.86. The lowest BCUT2D eigenvalue weighted by molar-refractivity contribution is -0.282. The van der Waals surface area contributed by atoms with Gasteiger partial charge in [-0.15, -0.1) is 6.42 Å². The molecule has 0 spiro atoms. The number of terminal acetylenes is 1. The number of fused-ring (bicyclic) bond motifs is 3. The Labute approximate surface area is 350 Å². The average molecular weight is 853 g/mol. The van der Waals surface area contributed by atoms with Crippen molar-refractivity contribution in [1.82, 2.24) is 24.8 Å². The largest absolute Gasteiger partial charge is 0.468 e. The first kappa shape index (κ1) is 42.6. The molecule has 4 aromatic rings. The molecule has 0 unspecified atom stereocenters. The number of benzene rings is 2. The van der Waals surface area contributed by atoms with Gasteiger partial charge in [0.15, 0.2) is 18.2 Å². The number of hydrogen-bond donors (Lipinski definition) is 0. The van der Waals surface area contributed by atoms with Crippen LogP contribution < -0.4 is 14.4 Å². The molecule has 3 fully saturated rings. The number of alkyl halides is 3. The van der Waals surface area contributed by atoms with E-state index in [1.54, 1.807) is 17.0 Å². The summed E-state index contributed by atoms with van der Waals surface area (Å²) in [4.78, 5) is 33.5. The number of aromatic nitrogens is 3. The maximum Gasteiger partial charge on any atom is 0.417 e. The first-order valence-corrected chi connectivity index (χ1v) is 20.4. The zero-order valence-electron chi connectivity index (χ0n) is 34.9. The molecule has 326 valence electrons. The predicted octanol–water partition coefficient (Wildman–Crippen LogP) is 7.66. The van der Waals surface area contributed by atoms with Crippen molar-refractivity contribution in [3.05, 3.63) is 47.2 Å². The monoisotopic (exact) mass is 852 g/mol. The molecule has 8 rings (SSSR count). The quantitative estimate of drug-likeness (QED) is 0.0891. The number of rotatable bonds is 10. The second-order valence-corrected chi connectivity index (χ2v) is 17.5. The Morgan fingerprint density at radius 2 is 1.72 bits per heavy atom. The molecule has 12 nitrogen and oxygen atoms in total. The summed E-state index contributed by atoms with van der Waals surface area (Å²) in [6, 6.07) is 5.64. The van der Waals surface area contributed by atoms with Gasteiger partial charge < -0.3 is 38.4 Å². The van der Waals surface area contributed by atoms with Gasteiger partial charge in [-0.2, -0.15) is 23.1 Å². The van der Waals surface area contributed by atoms with Gasteiger partial charge in [0.05, 0.1) is 23.3 Å². The molecule has 2 aromatic heterocycles. The Kier molecular flexibility index (Phi) is 11.2. The smallest absolute Gasteiger partial charge is 0.417 e. The molecule has 5 heterocycles. The van der Waals surface area contributed by atoms with E-state index in [-0.39, 0.29) is 84.5 Å². The van der Waals surface area contributed by atoms with Crippen LogP contribution in [0.3, 0.4) is 0 Å². The molecule has 0 N–H and O–H groups in total. The zero-order valence-corrected chi connectivity index (χ0v) is 34.9.